The number of nitrogens with zero attached hydrogens (tertiary/aromatic N) is 3. The smallest absolute Gasteiger partial charge is 0.262 e. The molecule has 0 unspecified atom stereocenters. The summed E-state index contributed by atoms with van der Waals surface area (Å²) in [6, 6.07) is 10.8. The van der Waals surface area contributed by atoms with Crippen molar-refractivity contribution in [3.05, 3.63) is 70.7 Å². The Labute approximate surface area is 224 Å². The van der Waals surface area contributed by atoms with E-state index in [1.165, 1.54) is 0 Å². The monoisotopic (exact) mass is 567 g/mol. The largest absolute Gasteiger partial charge is 0.484 e. The van der Waals surface area contributed by atoms with Crippen LogP contribution in [0.1, 0.15) is 24.0 Å². The van der Waals surface area contributed by atoms with Crippen LogP contribution in [0.3, 0.4) is 0 Å². The minimum Gasteiger partial charge on any atom is -0.484 e. The molecule has 1 atom stereocenters. The second kappa shape index (κ2) is 12.1. The topological polar surface area (TPSA) is 106 Å². The summed E-state index contributed by atoms with van der Waals surface area (Å²) >= 11 is 3.45. The lowest BCUT2D eigenvalue weighted by atomic mass is 10.1. The number of anilines is 2. The maximum absolute atomic E-state index is 12.6. The van der Waals surface area contributed by atoms with E-state index in [4.69, 9.17) is 4.74 Å². The number of hydrogen-bond acceptors (Lipinski definition) is 5. The molecule has 3 aromatic rings. The maximum atomic E-state index is 12.6. The van der Waals surface area contributed by atoms with Crippen LogP contribution in [0.25, 0.3) is 0 Å². The molecule has 0 saturated carbocycles. The molecular weight excluding hydrogens is 538 g/mol. The summed E-state index contributed by atoms with van der Waals surface area (Å²) in [5, 5.41) is 5.83. The number of nitrogens with one attached hydrogen (secondary N) is 2. The van der Waals surface area contributed by atoms with Gasteiger partial charge in [-0.3, -0.25) is 14.4 Å². The molecule has 2 aromatic carbocycles. The molecule has 0 bridgehead atoms. The van der Waals surface area contributed by atoms with E-state index in [-0.39, 0.29) is 36.7 Å². The van der Waals surface area contributed by atoms with Crippen molar-refractivity contribution < 1.29 is 19.1 Å². The Hall–Kier alpha value is -3.66. The van der Waals surface area contributed by atoms with Gasteiger partial charge in [0.2, 0.25) is 11.8 Å². The third-order valence-electron chi connectivity index (χ3n) is 6.23. The summed E-state index contributed by atoms with van der Waals surface area (Å²) in [4.78, 5) is 43.1. The van der Waals surface area contributed by atoms with Crippen molar-refractivity contribution in [3.8, 4) is 5.75 Å². The summed E-state index contributed by atoms with van der Waals surface area (Å²) in [5.74, 6) is -0.324. The van der Waals surface area contributed by atoms with Gasteiger partial charge in [0, 0.05) is 54.3 Å². The van der Waals surface area contributed by atoms with E-state index in [0.717, 1.165) is 34.3 Å². The molecule has 3 amide bonds. The molecule has 1 aromatic heterocycles. The van der Waals surface area contributed by atoms with Gasteiger partial charge < -0.3 is 24.8 Å². The van der Waals surface area contributed by atoms with Crippen LogP contribution in [0.5, 0.6) is 5.75 Å². The molecule has 9 nitrogen and oxygen atoms in total. The zero-order valence-corrected chi connectivity index (χ0v) is 22.5. The Morgan fingerprint density at radius 3 is 2.57 bits per heavy atom. The Bertz CT molecular complexity index is 1240. The number of carbonyl (C=O) groups excluding carboxylic acids is 3. The van der Waals surface area contributed by atoms with Gasteiger partial charge in [0.05, 0.1) is 12.2 Å². The van der Waals surface area contributed by atoms with Crippen LogP contribution in [0.2, 0.25) is 0 Å². The fraction of sp³-hybridized carbons (Fsp3) is 0.333. The van der Waals surface area contributed by atoms with E-state index >= 15 is 0 Å². The molecule has 4 rings (SSSR count). The molecule has 1 aliphatic rings. The second-order valence-corrected chi connectivity index (χ2v) is 10.0. The van der Waals surface area contributed by atoms with Gasteiger partial charge in [-0.1, -0.05) is 15.9 Å². The van der Waals surface area contributed by atoms with Crippen LogP contribution in [-0.4, -0.2) is 47.0 Å². The van der Waals surface area contributed by atoms with E-state index in [2.05, 4.69) is 31.5 Å². The lowest BCUT2D eigenvalue weighted by Gasteiger charge is -2.17. The molecule has 37 heavy (non-hydrogen) atoms. The van der Waals surface area contributed by atoms with Crippen molar-refractivity contribution >= 4 is 45.0 Å². The number of imidazole rings is 1. The fourth-order valence-corrected chi connectivity index (χ4v) is 5.01. The number of ether oxygens (including phenoxy) is 1. The van der Waals surface area contributed by atoms with Crippen molar-refractivity contribution in [1.29, 1.82) is 0 Å². The Morgan fingerprint density at radius 2 is 1.89 bits per heavy atom. The average Bonchev–Trinajstić information content (AvgIpc) is 3.53. The summed E-state index contributed by atoms with van der Waals surface area (Å²) < 4.78 is 8.55. The second-order valence-electron chi connectivity index (χ2n) is 9.10. The summed E-state index contributed by atoms with van der Waals surface area (Å²) in [5.41, 5.74) is 3.39. The van der Waals surface area contributed by atoms with Crippen LogP contribution in [0.4, 0.5) is 11.4 Å². The number of aryl methyl sites for hydroxylation is 3. The molecule has 1 aliphatic heterocycles. The average molecular weight is 568 g/mol. The molecular formula is C27H30BrN5O4. The normalized spacial score (nSPS) is 15.1. The number of rotatable bonds is 10. The molecule has 1 saturated heterocycles. The predicted molar refractivity (Wildman–Crippen MR) is 144 cm³/mol. The Kier molecular flexibility index (Phi) is 8.60. The van der Waals surface area contributed by atoms with Crippen molar-refractivity contribution in [1.82, 2.24) is 14.9 Å². The zero-order chi connectivity index (χ0) is 26.4. The first-order valence-electron chi connectivity index (χ1n) is 12.1. The van der Waals surface area contributed by atoms with Gasteiger partial charge in [0.1, 0.15) is 5.75 Å². The van der Waals surface area contributed by atoms with Crippen molar-refractivity contribution in [3.63, 3.8) is 0 Å². The third kappa shape index (κ3) is 6.97. The number of aromatic nitrogens is 2. The van der Waals surface area contributed by atoms with Crippen LogP contribution >= 0.6 is 15.9 Å². The van der Waals surface area contributed by atoms with Crippen LogP contribution in [0.15, 0.2) is 59.6 Å². The quantitative estimate of drug-likeness (QED) is 0.362. The lowest BCUT2D eigenvalue weighted by molar-refractivity contribution is -0.126. The molecule has 2 N–H and O–H groups in total. The summed E-state index contributed by atoms with van der Waals surface area (Å²) in [6.07, 6.45) is 6.31. The van der Waals surface area contributed by atoms with Gasteiger partial charge >= 0.3 is 0 Å². The molecule has 0 spiro atoms. The highest BCUT2D eigenvalue weighted by Gasteiger charge is 2.34. The Morgan fingerprint density at radius 1 is 1.16 bits per heavy atom. The van der Waals surface area contributed by atoms with E-state index < -0.39 is 0 Å². The van der Waals surface area contributed by atoms with Gasteiger partial charge in [-0.05, 0) is 67.8 Å². The van der Waals surface area contributed by atoms with E-state index in [9.17, 15) is 14.4 Å². The van der Waals surface area contributed by atoms with Crippen molar-refractivity contribution in [2.45, 2.75) is 33.2 Å². The first kappa shape index (κ1) is 26.4. The number of carbonyl (C=O) groups is 3. The van der Waals surface area contributed by atoms with Crippen LogP contribution in [0, 0.1) is 19.8 Å². The standard InChI is InChI=1S/C27H30BrN5O4/c1-18-12-21(28)13-19(2)26(18)31-24(34)16-37-23-6-4-22(5-7-23)33-15-20(14-25(33)35)27(36)30-8-3-10-32-11-9-29-17-32/h4-7,9,11-13,17,20H,3,8,10,14-16H2,1-2H3,(H,30,36)(H,31,34)/t20-/m1/s1. The minimum absolute atomic E-state index is 0.0909. The Balaban J connectivity index is 1.24. The van der Waals surface area contributed by atoms with Crippen molar-refractivity contribution in [2.75, 3.05) is 29.9 Å². The fourth-order valence-electron chi connectivity index (χ4n) is 4.32. The summed E-state index contributed by atoms with van der Waals surface area (Å²) in [6.45, 7) is 5.38. The van der Waals surface area contributed by atoms with E-state index in [1.54, 1.807) is 41.7 Å². The van der Waals surface area contributed by atoms with E-state index in [0.29, 0.717) is 24.5 Å². The van der Waals surface area contributed by atoms with Crippen LogP contribution in [-0.2, 0) is 20.9 Å². The molecule has 10 heteroatoms. The highest BCUT2D eigenvalue weighted by molar-refractivity contribution is 9.10. The number of hydrogen-bond donors (Lipinski definition) is 2. The van der Waals surface area contributed by atoms with Crippen LogP contribution < -0.4 is 20.3 Å². The number of halogens is 1. The third-order valence-corrected chi connectivity index (χ3v) is 6.69. The van der Waals surface area contributed by atoms with Gasteiger partial charge in [0.25, 0.3) is 5.91 Å². The zero-order valence-electron chi connectivity index (χ0n) is 20.9. The highest BCUT2D eigenvalue weighted by atomic mass is 79.9. The summed E-state index contributed by atoms with van der Waals surface area (Å²) in [7, 11) is 0. The molecule has 0 radical (unpaired) electrons. The molecule has 0 aliphatic carbocycles. The van der Waals surface area contributed by atoms with Gasteiger partial charge in [0.15, 0.2) is 6.61 Å². The first-order chi connectivity index (χ1) is 17.8. The van der Waals surface area contributed by atoms with Gasteiger partial charge in [-0.25, -0.2) is 4.98 Å². The minimum atomic E-state index is -0.383. The molecule has 2 heterocycles. The van der Waals surface area contributed by atoms with Gasteiger partial charge in [-0.2, -0.15) is 0 Å². The van der Waals surface area contributed by atoms with Gasteiger partial charge in [-0.15, -0.1) is 0 Å². The number of amides is 3. The predicted octanol–water partition coefficient (Wildman–Crippen LogP) is 3.84. The lowest BCUT2D eigenvalue weighted by Crippen LogP contribution is -2.33. The van der Waals surface area contributed by atoms with Crippen molar-refractivity contribution in [2.24, 2.45) is 5.92 Å². The van der Waals surface area contributed by atoms with E-state index in [1.807, 2.05) is 36.7 Å². The maximum Gasteiger partial charge on any atom is 0.262 e. The molecule has 194 valence electrons. The molecule has 1 fully saturated rings. The number of benzene rings is 2. The SMILES string of the molecule is Cc1cc(Br)cc(C)c1NC(=O)COc1ccc(N2C[C@H](C(=O)NCCCn3ccnc3)CC2=O)cc1. The highest BCUT2D eigenvalue weighted by Crippen LogP contribution is 2.28. The first-order valence-corrected chi connectivity index (χ1v) is 12.9.